The van der Waals surface area contributed by atoms with Crippen LogP contribution in [0.2, 0.25) is 0 Å². The Morgan fingerprint density at radius 3 is 2.88 bits per heavy atom. The van der Waals surface area contributed by atoms with Crippen LogP contribution in [0.3, 0.4) is 0 Å². The van der Waals surface area contributed by atoms with Gasteiger partial charge in [-0.25, -0.2) is 0 Å². The SMILES string of the molecule is CCc1cccc2c1NC(CC1CC1)C(O)C2. The second-order valence-electron chi connectivity index (χ2n) is 5.51. The zero-order valence-electron chi connectivity index (χ0n) is 10.4. The van der Waals surface area contributed by atoms with Gasteiger partial charge in [0, 0.05) is 12.1 Å². The molecule has 3 rings (SSSR count). The minimum Gasteiger partial charge on any atom is -0.391 e. The lowest BCUT2D eigenvalue weighted by molar-refractivity contribution is 0.141. The summed E-state index contributed by atoms with van der Waals surface area (Å²) in [5, 5.41) is 13.8. The lowest BCUT2D eigenvalue weighted by Gasteiger charge is -2.33. The molecule has 2 unspecified atom stereocenters. The first-order valence-corrected chi connectivity index (χ1v) is 6.83. The molecule has 17 heavy (non-hydrogen) atoms. The van der Waals surface area contributed by atoms with Crippen molar-refractivity contribution < 1.29 is 5.11 Å². The summed E-state index contributed by atoms with van der Waals surface area (Å²) < 4.78 is 0. The van der Waals surface area contributed by atoms with Crippen molar-refractivity contribution in [2.24, 2.45) is 5.92 Å². The predicted octanol–water partition coefficient (Wildman–Crippen LogP) is 2.75. The highest BCUT2D eigenvalue weighted by Crippen LogP contribution is 2.38. The van der Waals surface area contributed by atoms with Gasteiger partial charge < -0.3 is 10.4 Å². The number of para-hydroxylation sites is 1. The van der Waals surface area contributed by atoms with Gasteiger partial charge in [-0.05, 0) is 29.9 Å². The van der Waals surface area contributed by atoms with Gasteiger partial charge in [0.25, 0.3) is 0 Å². The molecule has 2 N–H and O–H groups in total. The van der Waals surface area contributed by atoms with Crippen molar-refractivity contribution in [3.8, 4) is 0 Å². The lowest BCUT2D eigenvalue weighted by atomic mass is 9.90. The van der Waals surface area contributed by atoms with Gasteiger partial charge in [-0.3, -0.25) is 0 Å². The van der Waals surface area contributed by atoms with Crippen LogP contribution in [0.4, 0.5) is 5.69 Å². The first-order valence-electron chi connectivity index (χ1n) is 6.83. The molecule has 0 bridgehead atoms. The third kappa shape index (κ3) is 2.19. The van der Waals surface area contributed by atoms with Crippen molar-refractivity contribution in [3.63, 3.8) is 0 Å². The second kappa shape index (κ2) is 4.34. The van der Waals surface area contributed by atoms with Gasteiger partial charge >= 0.3 is 0 Å². The van der Waals surface area contributed by atoms with Crippen LogP contribution < -0.4 is 5.32 Å². The Morgan fingerprint density at radius 1 is 1.35 bits per heavy atom. The molecule has 92 valence electrons. The summed E-state index contributed by atoms with van der Waals surface area (Å²) in [6, 6.07) is 6.70. The molecule has 1 aliphatic heterocycles. The Bertz CT molecular complexity index is 411. The molecule has 0 spiro atoms. The van der Waals surface area contributed by atoms with E-state index in [9.17, 15) is 5.11 Å². The van der Waals surface area contributed by atoms with E-state index in [1.165, 1.54) is 29.7 Å². The monoisotopic (exact) mass is 231 g/mol. The third-order valence-electron chi connectivity index (χ3n) is 4.13. The Morgan fingerprint density at radius 2 is 2.18 bits per heavy atom. The molecular weight excluding hydrogens is 210 g/mol. The maximum absolute atomic E-state index is 10.2. The average Bonchev–Trinajstić information content (AvgIpc) is 3.13. The van der Waals surface area contributed by atoms with E-state index in [4.69, 9.17) is 0 Å². The van der Waals surface area contributed by atoms with Crippen molar-refractivity contribution in [2.45, 2.75) is 51.2 Å². The largest absolute Gasteiger partial charge is 0.391 e. The zero-order chi connectivity index (χ0) is 11.8. The van der Waals surface area contributed by atoms with E-state index in [1.807, 2.05) is 0 Å². The molecule has 2 nitrogen and oxygen atoms in total. The fraction of sp³-hybridized carbons (Fsp3) is 0.600. The summed E-state index contributed by atoms with van der Waals surface area (Å²) >= 11 is 0. The minimum absolute atomic E-state index is 0.213. The highest BCUT2D eigenvalue weighted by molar-refractivity contribution is 5.60. The fourth-order valence-electron chi connectivity index (χ4n) is 2.88. The van der Waals surface area contributed by atoms with Crippen LogP contribution in [-0.4, -0.2) is 17.3 Å². The van der Waals surface area contributed by atoms with Crippen LogP contribution in [0, 0.1) is 5.92 Å². The topological polar surface area (TPSA) is 32.3 Å². The quantitative estimate of drug-likeness (QED) is 0.838. The number of nitrogens with one attached hydrogen (secondary N) is 1. The molecule has 1 saturated carbocycles. The third-order valence-corrected chi connectivity index (χ3v) is 4.13. The number of benzene rings is 1. The standard InChI is InChI=1S/C15H21NO/c1-2-11-4-3-5-12-9-14(17)13(16-15(11)12)8-10-6-7-10/h3-5,10,13-14,16-17H,2,6-9H2,1H3. The maximum Gasteiger partial charge on any atom is 0.0782 e. The molecule has 0 saturated heterocycles. The van der Waals surface area contributed by atoms with Gasteiger partial charge in [-0.2, -0.15) is 0 Å². The van der Waals surface area contributed by atoms with Crippen LogP contribution >= 0.6 is 0 Å². The van der Waals surface area contributed by atoms with Crippen LogP contribution in [0.5, 0.6) is 0 Å². The molecule has 2 atom stereocenters. The van der Waals surface area contributed by atoms with Gasteiger partial charge in [0.15, 0.2) is 0 Å². The molecule has 0 amide bonds. The molecule has 1 heterocycles. The summed E-state index contributed by atoms with van der Waals surface area (Å²) in [5.74, 6) is 0.859. The Labute approximate surface area is 103 Å². The number of aliphatic hydroxyl groups excluding tert-OH is 1. The van der Waals surface area contributed by atoms with Crippen molar-refractivity contribution in [2.75, 3.05) is 5.32 Å². The molecule has 1 aromatic carbocycles. The Balaban J connectivity index is 1.85. The van der Waals surface area contributed by atoms with E-state index in [1.54, 1.807) is 0 Å². The number of fused-ring (bicyclic) bond motifs is 1. The lowest BCUT2D eigenvalue weighted by Crippen LogP contribution is -2.40. The number of anilines is 1. The summed E-state index contributed by atoms with van der Waals surface area (Å²) in [7, 11) is 0. The zero-order valence-corrected chi connectivity index (χ0v) is 10.4. The van der Waals surface area contributed by atoms with E-state index in [0.29, 0.717) is 0 Å². The molecule has 0 aromatic heterocycles. The van der Waals surface area contributed by atoms with E-state index in [2.05, 4.69) is 30.4 Å². The fourth-order valence-corrected chi connectivity index (χ4v) is 2.88. The summed E-state index contributed by atoms with van der Waals surface area (Å²) in [5.41, 5.74) is 3.96. The van der Waals surface area contributed by atoms with Crippen molar-refractivity contribution in [1.82, 2.24) is 0 Å². The molecule has 2 aliphatic rings. The van der Waals surface area contributed by atoms with Crippen molar-refractivity contribution in [3.05, 3.63) is 29.3 Å². The van der Waals surface area contributed by atoms with Crippen LogP contribution in [0.25, 0.3) is 0 Å². The highest BCUT2D eigenvalue weighted by atomic mass is 16.3. The van der Waals surface area contributed by atoms with Crippen molar-refractivity contribution >= 4 is 5.69 Å². The second-order valence-corrected chi connectivity index (χ2v) is 5.51. The number of aliphatic hydroxyl groups is 1. The van der Waals surface area contributed by atoms with Crippen LogP contribution in [-0.2, 0) is 12.8 Å². The number of hydrogen-bond donors (Lipinski definition) is 2. The summed E-state index contributed by atoms with van der Waals surface area (Å²) in [6.45, 7) is 2.19. The Kier molecular flexibility index (Phi) is 2.83. The van der Waals surface area contributed by atoms with Gasteiger partial charge in [0.1, 0.15) is 0 Å². The number of rotatable bonds is 3. The average molecular weight is 231 g/mol. The van der Waals surface area contributed by atoms with Crippen LogP contribution in [0.1, 0.15) is 37.3 Å². The molecule has 1 aromatic rings. The highest BCUT2D eigenvalue weighted by Gasteiger charge is 2.32. The molecule has 0 radical (unpaired) electrons. The van der Waals surface area contributed by atoms with Gasteiger partial charge in [-0.1, -0.05) is 38.0 Å². The van der Waals surface area contributed by atoms with Gasteiger partial charge in [0.05, 0.1) is 12.1 Å². The van der Waals surface area contributed by atoms with Gasteiger partial charge in [0.2, 0.25) is 0 Å². The summed E-state index contributed by atoms with van der Waals surface area (Å²) in [6.07, 6.45) is 5.50. The molecule has 2 heteroatoms. The first-order chi connectivity index (χ1) is 8.28. The minimum atomic E-state index is -0.213. The molecule has 1 fully saturated rings. The maximum atomic E-state index is 10.2. The van der Waals surface area contributed by atoms with E-state index in [-0.39, 0.29) is 12.1 Å². The van der Waals surface area contributed by atoms with Crippen LogP contribution in [0.15, 0.2) is 18.2 Å². The van der Waals surface area contributed by atoms with Gasteiger partial charge in [-0.15, -0.1) is 0 Å². The predicted molar refractivity (Wildman–Crippen MR) is 70.3 cm³/mol. The number of hydrogen-bond acceptors (Lipinski definition) is 2. The first kappa shape index (κ1) is 11.1. The number of aryl methyl sites for hydroxylation is 1. The van der Waals surface area contributed by atoms with E-state index >= 15 is 0 Å². The molecular formula is C15H21NO. The smallest absolute Gasteiger partial charge is 0.0782 e. The van der Waals surface area contributed by atoms with E-state index < -0.39 is 0 Å². The van der Waals surface area contributed by atoms with E-state index in [0.717, 1.165) is 25.2 Å². The van der Waals surface area contributed by atoms with Crippen molar-refractivity contribution in [1.29, 1.82) is 0 Å². The Hall–Kier alpha value is -1.02. The normalized spacial score (nSPS) is 27.4. The molecule has 1 aliphatic carbocycles. The summed E-state index contributed by atoms with van der Waals surface area (Å²) in [4.78, 5) is 0.